The van der Waals surface area contributed by atoms with Gasteiger partial charge in [0.15, 0.2) is 0 Å². The molecule has 1 saturated carbocycles. The summed E-state index contributed by atoms with van der Waals surface area (Å²) in [5, 5.41) is 8.31. The fourth-order valence-electron chi connectivity index (χ4n) is 3.09. The van der Waals surface area contributed by atoms with E-state index in [1.807, 2.05) is 25.3 Å². The molecule has 0 radical (unpaired) electrons. The third kappa shape index (κ3) is 3.52. The van der Waals surface area contributed by atoms with E-state index < -0.39 is 12.1 Å². The predicted molar refractivity (Wildman–Crippen MR) is 75.3 cm³/mol. The van der Waals surface area contributed by atoms with Crippen LogP contribution < -0.4 is 0 Å². The summed E-state index contributed by atoms with van der Waals surface area (Å²) in [7, 11) is 0. The van der Waals surface area contributed by atoms with Crippen molar-refractivity contribution in [2.75, 3.05) is 0 Å². The van der Waals surface area contributed by atoms with Crippen molar-refractivity contribution in [1.82, 2.24) is 14.8 Å². The van der Waals surface area contributed by atoms with E-state index in [1.165, 1.54) is 0 Å². The van der Waals surface area contributed by atoms with Crippen molar-refractivity contribution < 1.29 is 13.2 Å². The van der Waals surface area contributed by atoms with E-state index in [4.69, 9.17) is 11.6 Å². The summed E-state index contributed by atoms with van der Waals surface area (Å²) in [5.74, 6) is 0.567. The topological polar surface area (TPSA) is 30.7 Å². The molecular formula is C14H21ClF3N3. The lowest BCUT2D eigenvalue weighted by molar-refractivity contribution is -0.182. The smallest absolute Gasteiger partial charge is 0.308 e. The van der Waals surface area contributed by atoms with Gasteiger partial charge in [-0.05, 0) is 46.5 Å². The number of hydrogen-bond acceptors (Lipinski definition) is 2. The monoisotopic (exact) mass is 323 g/mol. The van der Waals surface area contributed by atoms with Gasteiger partial charge in [-0.25, -0.2) is 0 Å². The van der Waals surface area contributed by atoms with Crippen LogP contribution in [0.4, 0.5) is 13.2 Å². The van der Waals surface area contributed by atoms with Gasteiger partial charge in [-0.3, -0.25) is 0 Å². The van der Waals surface area contributed by atoms with Crippen LogP contribution in [0.25, 0.3) is 0 Å². The first-order valence-electron chi connectivity index (χ1n) is 7.22. The Bertz CT molecular complexity index is 483. The predicted octanol–water partition coefficient (Wildman–Crippen LogP) is 4.61. The van der Waals surface area contributed by atoms with E-state index in [9.17, 15) is 13.2 Å². The van der Waals surface area contributed by atoms with E-state index in [0.29, 0.717) is 18.7 Å². The van der Waals surface area contributed by atoms with Gasteiger partial charge >= 0.3 is 6.18 Å². The van der Waals surface area contributed by atoms with Crippen LogP contribution in [0.3, 0.4) is 0 Å². The van der Waals surface area contributed by atoms with Crippen molar-refractivity contribution in [1.29, 1.82) is 0 Å². The van der Waals surface area contributed by atoms with Gasteiger partial charge in [-0.15, -0.1) is 21.8 Å². The van der Waals surface area contributed by atoms with E-state index in [1.54, 1.807) is 0 Å². The SMILES string of the molecule is CC(C)(C)n1c(CCl)nnc1C1CCC(C(F)(F)F)CC1. The molecule has 120 valence electrons. The Morgan fingerprint density at radius 3 is 2.10 bits per heavy atom. The number of hydrogen-bond donors (Lipinski definition) is 0. The second-order valence-corrected chi connectivity index (χ2v) is 6.97. The fourth-order valence-corrected chi connectivity index (χ4v) is 3.26. The van der Waals surface area contributed by atoms with Gasteiger partial charge in [0, 0.05) is 11.5 Å². The van der Waals surface area contributed by atoms with Gasteiger partial charge in [-0.1, -0.05) is 0 Å². The minimum atomic E-state index is -4.08. The molecule has 0 aromatic carbocycles. The highest BCUT2D eigenvalue weighted by atomic mass is 35.5. The molecule has 0 amide bonds. The van der Waals surface area contributed by atoms with Crippen LogP contribution in [0, 0.1) is 5.92 Å². The maximum Gasteiger partial charge on any atom is 0.391 e. The van der Waals surface area contributed by atoms with Gasteiger partial charge < -0.3 is 4.57 Å². The second kappa shape index (κ2) is 5.78. The maximum absolute atomic E-state index is 12.7. The first-order valence-corrected chi connectivity index (χ1v) is 7.75. The zero-order valence-corrected chi connectivity index (χ0v) is 13.3. The molecule has 3 nitrogen and oxygen atoms in total. The largest absolute Gasteiger partial charge is 0.391 e. The van der Waals surface area contributed by atoms with E-state index in [-0.39, 0.29) is 30.2 Å². The Morgan fingerprint density at radius 1 is 1.10 bits per heavy atom. The number of aromatic nitrogens is 3. The highest BCUT2D eigenvalue weighted by Crippen LogP contribution is 2.43. The van der Waals surface area contributed by atoms with Gasteiger partial charge in [0.25, 0.3) is 0 Å². The summed E-state index contributed by atoms with van der Waals surface area (Å²) >= 11 is 5.90. The lowest BCUT2D eigenvalue weighted by Crippen LogP contribution is -2.31. The molecule has 0 unspecified atom stereocenters. The molecule has 21 heavy (non-hydrogen) atoms. The van der Waals surface area contributed by atoms with E-state index in [0.717, 1.165) is 5.82 Å². The average Bonchev–Trinajstić information content (AvgIpc) is 2.81. The lowest BCUT2D eigenvalue weighted by Gasteiger charge is -2.32. The van der Waals surface area contributed by atoms with Crippen LogP contribution in [-0.4, -0.2) is 20.9 Å². The highest BCUT2D eigenvalue weighted by Gasteiger charge is 2.42. The van der Waals surface area contributed by atoms with Gasteiger partial charge in [-0.2, -0.15) is 13.2 Å². The van der Waals surface area contributed by atoms with Gasteiger partial charge in [0.1, 0.15) is 11.6 Å². The lowest BCUT2D eigenvalue weighted by atomic mass is 9.81. The number of rotatable bonds is 2. The van der Waals surface area contributed by atoms with Crippen molar-refractivity contribution in [2.24, 2.45) is 5.92 Å². The quantitative estimate of drug-likeness (QED) is 0.744. The van der Waals surface area contributed by atoms with Gasteiger partial charge in [0.2, 0.25) is 0 Å². The highest BCUT2D eigenvalue weighted by molar-refractivity contribution is 6.16. The Balaban J connectivity index is 2.20. The maximum atomic E-state index is 12.7. The Morgan fingerprint density at radius 2 is 1.67 bits per heavy atom. The summed E-state index contributed by atoms with van der Waals surface area (Å²) in [6.45, 7) is 6.08. The Hall–Kier alpha value is -0.780. The molecule has 7 heteroatoms. The molecule has 1 fully saturated rings. The van der Waals surface area contributed by atoms with Crippen LogP contribution in [-0.2, 0) is 11.4 Å². The molecule has 1 aromatic heterocycles. The van der Waals surface area contributed by atoms with Crippen molar-refractivity contribution in [3.8, 4) is 0 Å². The fraction of sp³-hybridized carbons (Fsp3) is 0.857. The first kappa shape index (κ1) is 16.6. The zero-order chi connectivity index (χ0) is 15.8. The molecule has 0 N–H and O–H groups in total. The zero-order valence-electron chi connectivity index (χ0n) is 12.5. The first-order chi connectivity index (χ1) is 9.64. The van der Waals surface area contributed by atoms with Crippen LogP contribution in [0.2, 0.25) is 0 Å². The summed E-state index contributed by atoms with van der Waals surface area (Å²) in [5.41, 5.74) is -0.232. The molecule has 0 aliphatic heterocycles. The molecule has 0 saturated heterocycles. The molecule has 1 aromatic rings. The Labute approximate surface area is 127 Å². The van der Waals surface area contributed by atoms with Crippen LogP contribution >= 0.6 is 11.6 Å². The summed E-state index contributed by atoms with van der Waals surface area (Å²) in [6, 6.07) is 0. The van der Waals surface area contributed by atoms with Gasteiger partial charge in [0.05, 0.1) is 11.8 Å². The van der Waals surface area contributed by atoms with E-state index in [2.05, 4.69) is 10.2 Å². The average molecular weight is 324 g/mol. The number of halogens is 4. The molecule has 2 rings (SSSR count). The van der Waals surface area contributed by atoms with Crippen molar-refractivity contribution in [3.05, 3.63) is 11.6 Å². The van der Waals surface area contributed by atoms with Crippen LogP contribution in [0.1, 0.15) is 64.0 Å². The second-order valence-electron chi connectivity index (χ2n) is 6.70. The van der Waals surface area contributed by atoms with Crippen LogP contribution in [0.5, 0.6) is 0 Å². The summed E-state index contributed by atoms with van der Waals surface area (Å²) < 4.78 is 40.2. The Kier molecular flexibility index (Phi) is 4.57. The third-order valence-electron chi connectivity index (χ3n) is 4.10. The molecule has 1 heterocycles. The molecule has 1 aliphatic carbocycles. The molecule has 0 spiro atoms. The third-order valence-corrected chi connectivity index (χ3v) is 4.34. The standard InChI is InChI=1S/C14H21ClF3N3/c1-13(2,3)21-11(8-15)19-20-12(21)9-4-6-10(7-5-9)14(16,17)18/h9-10H,4-8H2,1-3H3. The number of alkyl halides is 4. The van der Waals surface area contributed by atoms with Crippen molar-refractivity contribution in [2.45, 2.75) is 70.0 Å². The molecule has 0 bridgehead atoms. The van der Waals surface area contributed by atoms with E-state index >= 15 is 0 Å². The molecule has 1 aliphatic rings. The van der Waals surface area contributed by atoms with Crippen molar-refractivity contribution in [3.63, 3.8) is 0 Å². The molecular weight excluding hydrogens is 303 g/mol. The summed E-state index contributed by atoms with van der Waals surface area (Å²) in [4.78, 5) is 0. The summed E-state index contributed by atoms with van der Waals surface area (Å²) in [6.07, 6.45) is -2.74. The minimum Gasteiger partial charge on any atom is -0.308 e. The van der Waals surface area contributed by atoms with Crippen molar-refractivity contribution >= 4 is 11.6 Å². The normalized spacial score (nSPS) is 24.3. The molecule has 0 atom stereocenters. The minimum absolute atomic E-state index is 0.0345. The van der Waals surface area contributed by atoms with Crippen LogP contribution in [0.15, 0.2) is 0 Å². The number of nitrogens with zero attached hydrogens (tertiary/aromatic N) is 3.